The molecule has 0 amide bonds. The number of ether oxygens (including phenoxy) is 2. The Hall–Kier alpha value is -3.15. The van der Waals surface area contributed by atoms with Crippen LogP contribution in [-0.4, -0.2) is 28.7 Å². The molecule has 6 heteroatoms. The maximum Gasteiger partial charge on any atom is 0.306 e. The fourth-order valence-electron chi connectivity index (χ4n) is 3.47. The monoisotopic (exact) mass is 408 g/mol. The van der Waals surface area contributed by atoms with Gasteiger partial charge in [-0.1, -0.05) is 32.0 Å². The van der Waals surface area contributed by atoms with E-state index in [0.29, 0.717) is 35.7 Å². The second-order valence-electron chi connectivity index (χ2n) is 7.65. The molecule has 0 unspecified atom stereocenters. The molecule has 1 aromatic heterocycles. The number of aryl methyl sites for hydroxylation is 2. The third kappa shape index (κ3) is 5.06. The summed E-state index contributed by atoms with van der Waals surface area (Å²) in [5.74, 6) is 1.46. The van der Waals surface area contributed by atoms with Gasteiger partial charge in [-0.15, -0.1) is 0 Å². The Balaban J connectivity index is 1.48. The first kappa shape index (κ1) is 21.6. The van der Waals surface area contributed by atoms with Crippen molar-refractivity contribution in [3.8, 4) is 5.75 Å². The van der Waals surface area contributed by atoms with Crippen LogP contribution in [0.15, 0.2) is 47.3 Å². The van der Waals surface area contributed by atoms with E-state index in [1.165, 1.54) is 15.7 Å². The van der Waals surface area contributed by atoms with Crippen LogP contribution in [0.2, 0.25) is 0 Å². The largest absolute Gasteiger partial charge is 0.490 e. The Labute approximate surface area is 176 Å². The van der Waals surface area contributed by atoms with E-state index in [-0.39, 0.29) is 24.6 Å². The topological polar surface area (TPSA) is 70.4 Å². The highest BCUT2D eigenvalue weighted by atomic mass is 16.6. The highest BCUT2D eigenvalue weighted by Gasteiger charge is 2.11. The summed E-state index contributed by atoms with van der Waals surface area (Å²) in [5.41, 5.74) is 3.01. The number of fused-ring (bicyclic) bond motifs is 1. The van der Waals surface area contributed by atoms with E-state index in [2.05, 4.69) is 31.8 Å². The molecule has 3 rings (SSSR count). The number of para-hydroxylation sites is 1. The number of carbonyl (C=O) groups excluding carboxylic acids is 1. The zero-order valence-corrected chi connectivity index (χ0v) is 18.0. The van der Waals surface area contributed by atoms with Gasteiger partial charge in [0.1, 0.15) is 24.8 Å². The van der Waals surface area contributed by atoms with Crippen molar-refractivity contribution >= 4 is 16.9 Å². The Morgan fingerprint density at radius 2 is 1.90 bits per heavy atom. The summed E-state index contributed by atoms with van der Waals surface area (Å²) in [4.78, 5) is 29.0. The molecule has 0 saturated heterocycles. The molecule has 0 aliphatic carbocycles. The molecule has 3 aromatic rings. The van der Waals surface area contributed by atoms with Crippen molar-refractivity contribution in [1.29, 1.82) is 0 Å². The minimum atomic E-state index is -0.340. The van der Waals surface area contributed by atoms with E-state index in [0.717, 1.165) is 5.75 Å². The SMILES string of the molecule is Cc1cc(OCCOC(=O)CCc2nc3ccccc3c(=O)n2C)ccc1C(C)C. The maximum atomic E-state index is 12.4. The molecule has 0 spiro atoms. The van der Waals surface area contributed by atoms with Gasteiger partial charge in [-0.3, -0.25) is 14.2 Å². The van der Waals surface area contributed by atoms with Crippen LogP contribution in [-0.2, 0) is 23.0 Å². The molecule has 0 aliphatic rings. The number of nitrogens with zero attached hydrogens (tertiary/aromatic N) is 2. The molecular formula is C24H28N2O4. The average molecular weight is 408 g/mol. The number of carbonyl (C=O) groups is 1. The fraction of sp³-hybridized carbons (Fsp3) is 0.375. The predicted molar refractivity (Wildman–Crippen MR) is 117 cm³/mol. The summed E-state index contributed by atoms with van der Waals surface area (Å²) in [6.45, 7) is 6.85. The van der Waals surface area contributed by atoms with Gasteiger partial charge in [0, 0.05) is 13.5 Å². The van der Waals surface area contributed by atoms with E-state index in [9.17, 15) is 9.59 Å². The summed E-state index contributed by atoms with van der Waals surface area (Å²) in [7, 11) is 1.67. The first-order valence-corrected chi connectivity index (χ1v) is 10.2. The first-order valence-electron chi connectivity index (χ1n) is 10.2. The Bertz CT molecular complexity index is 1100. The Kier molecular flexibility index (Phi) is 6.87. The van der Waals surface area contributed by atoms with E-state index in [1.54, 1.807) is 19.2 Å². The van der Waals surface area contributed by atoms with Gasteiger partial charge in [0.25, 0.3) is 5.56 Å². The minimum Gasteiger partial charge on any atom is -0.490 e. The standard InChI is InChI=1S/C24H28N2O4/c1-16(2)19-10-9-18(15-17(19)3)29-13-14-30-23(27)12-11-22-25-21-8-6-5-7-20(21)24(28)26(22)4/h5-10,15-16H,11-14H2,1-4H3. The van der Waals surface area contributed by atoms with Crippen LogP contribution in [0, 0.1) is 6.92 Å². The van der Waals surface area contributed by atoms with Crippen LogP contribution < -0.4 is 10.3 Å². The molecule has 0 N–H and O–H groups in total. The van der Waals surface area contributed by atoms with Crippen LogP contribution in [0.4, 0.5) is 0 Å². The number of hydrogen-bond acceptors (Lipinski definition) is 5. The zero-order valence-electron chi connectivity index (χ0n) is 18.0. The van der Waals surface area contributed by atoms with Crippen molar-refractivity contribution in [3.63, 3.8) is 0 Å². The Morgan fingerprint density at radius 3 is 2.63 bits per heavy atom. The summed E-state index contributed by atoms with van der Waals surface area (Å²) < 4.78 is 12.4. The van der Waals surface area contributed by atoms with Gasteiger partial charge in [0.05, 0.1) is 17.3 Å². The smallest absolute Gasteiger partial charge is 0.306 e. The van der Waals surface area contributed by atoms with Crippen molar-refractivity contribution in [2.45, 2.75) is 39.5 Å². The summed E-state index contributed by atoms with van der Waals surface area (Å²) in [6, 6.07) is 13.2. The zero-order chi connectivity index (χ0) is 21.7. The number of hydrogen-bond donors (Lipinski definition) is 0. The quantitative estimate of drug-likeness (QED) is 0.417. The molecule has 158 valence electrons. The summed E-state index contributed by atoms with van der Waals surface area (Å²) >= 11 is 0. The van der Waals surface area contributed by atoms with Gasteiger partial charge in [-0.2, -0.15) is 0 Å². The maximum absolute atomic E-state index is 12.4. The van der Waals surface area contributed by atoms with Crippen molar-refractivity contribution in [2.75, 3.05) is 13.2 Å². The summed E-state index contributed by atoms with van der Waals surface area (Å²) in [5, 5.41) is 0.570. The third-order valence-corrected chi connectivity index (χ3v) is 5.11. The number of aromatic nitrogens is 2. The summed E-state index contributed by atoms with van der Waals surface area (Å²) in [6.07, 6.45) is 0.493. The highest BCUT2D eigenvalue weighted by molar-refractivity contribution is 5.77. The number of benzene rings is 2. The molecule has 0 aliphatic heterocycles. The molecule has 0 saturated carbocycles. The van der Waals surface area contributed by atoms with Gasteiger partial charge in [-0.25, -0.2) is 4.98 Å². The lowest BCUT2D eigenvalue weighted by atomic mass is 9.98. The molecule has 2 aromatic carbocycles. The van der Waals surface area contributed by atoms with Gasteiger partial charge in [0.15, 0.2) is 0 Å². The van der Waals surface area contributed by atoms with Crippen molar-refractivity contribution in [2.24, 2.45) is 7.05 Å². The molecule has 0 fully saturated rings. The van der Waals surface area contributed by atoms with Crippen molar-refractivity contribution < 1.29 is 14.3 Å². The minimum absolute atomic E-state index is 0.115. The van der Waals surface area contributed by atoms with Crippen LogP contribution >= 0.6 is 0 Å². The van der Waals surface area contributed by atoms with Gasteiger partial charge < -0.3 is 9.47 Å². The molecule has 1 heterocycles. The van der Waals surface area contributed by atoms with Gasteiger partial charge >= 0.3 is 5.97 Å². The van der Waals surface area contributed by atoms with Gasteiger partial charge in [0.2, 0.25) is 0 Å². The Morgan fingerprint density at radius 1 is 1.13 bits per heavy atom. The van der Waals surface area contributed by atoms with Crippen LogP contribution in [0.1, 0.15) is 43.1 Å². The van der Waals surface area contributed by atoms with Crippen LogP contribution in [0.3, 0.4) is 0 Å². The normalized spacial score (nSPS) is 11.1. The van der Waals surface area contributed by atoms with Crippen molar-refractivity contribution in [3.05, 3.63) is 69.8 Å². The fourth-order valence-corrected chi connectivity index (χ4v) is 3.47. The molecule has 30 heavy (non-hydrogen) atoms. The van der Waals surface area contributed by atoms with Crippen LogP contribution in [0.25, 0.3) is 10.9 Å². The average Bonchev–Trinajstić information content (AvgIpc) is 2.72. The third-order valence-electron chi connectivity index (χ3n) is 5.11. The molecule has 0 radical (unpaired) electrons. The van der Waals surface area contributed by atoms with E-state index >= 15 is 0 Å². The molecule has 6 nitrogen and oxygen atoms in total. The van der Waals surface area contributed by atoms with Crippen LogP contribution in [0.5, 0.6) is 5.75 Å². The van der Waals surface area contributed by atoms with E-state index < -0.39 is 0 Å². The molecule has 0 bridgehead atoms. The number of rotatable bonds is 8. The van der Waals surface area contributed by atoms with Gasteiger partial charge in [-0.05, 0) is 48.2 Å². The van der Waals surface area contributed by atoms with E-state index in [1.807, 2.05) is 24.3 Å². The predicted octanol–water partition coefficient (Wildman–Crippen LogP) is 3.92. The first-order chi connectivity index (χ1) is 14.4. The molecule has 0 atom stereocenters. The lowest BCUT2D eigenvalue weighted by Crippen LogP contribution is -2.23. The molecular weight excluding hydrogens is 380 g/mol. The number of esters is 1. The second kappa shape index (κ2) is 9.57. The van der Waals surface area contributed by atoms with E-state index in [4.69, 9.17) is 9.47 Å². The lowest BCUT2D eigenvalue weighted by molar-refractivity contribution is -0.144. The highest BCUT2D eigenvalue weighted by Crippen LogP contribution is 2.23. The van der Waals surface area contributed by atoms with Crippen molar-refractivity contribution in [1.82, 2.24) is 9.55 Å². The second-order valence-corrected chi connectivity index (χ2v) is 7.65. The lowest BCUT2D eigenvalue weighted by Gasteiger charge is -2.13.